The van der Waals surface area contributed by atoms with Crippen LogP contribution < -0.4 is 0 Å². The summed E-state index contributed by atoms with van der Waals surface area (Å²) in [6.45, 7) is 2.52. The fraction of sp³-hybridized carbons (Fsp3) is 0.429. The zero-order valence-corrected chi connectivity index (χ0v) is 12.9. The number of aryl methyl sites for hydroxylation is 1. The maximum atomic E-state index is 11.9. The van der Waals surface area contributed by atoms with Gasteiger partial charge in [0, 0.05) is 24.5 Å². The zero-order valence-electron chi connectivity index (χ0n) is 12.1. The highest BCUT2D eigenvalue weighted by molar-refractivity contribution is 7.88. The Morgan fingerprint density at radius 1 is 1.33 bits per heavy atom. The minimum absolute atomic E-state index is 0.0956. The summed E-state index contributed by atoms with van der Waals surface area (Å²) >= 11 is 0. The maximum absolute atomic E-state index is 11.9. The fourth-order valence-electron chi connectivity index (χ4n) is 2.81. The predicted octanol–water partition coefficient (Wildman–Crippen LogP) is 1.88. The molecule has 3 heterocycles. The van der Waals surface area contributed by atoms with Crippen molar-refractivity contribution >= 4 is 10.0 Å². The lowest BCUT2D eigenvalue weighted by Gasteiger charge is -2.22. The summed E-state index contributed by atoms with van der Waals surface area (Å²) in [7, 11) is -3.18. The molecule has 21 heavy (non-hydrogen) atoms. The zero-order chi connectivity index (χ0) is 15.0. The Morgan fingerprint density at radius 2 is 2.14 bits per heavy atom. The highest BCUT2D eigenvalue weighted by atomic mass is 32.2. The molecule has 1 atom stereocenters. The molecule has 1 fully saturated rings. The first kappa shape index (κ1) is 14.2. The van der Waals surface area contributed by atoms with Gasteiger partial charge in [0.25, 0.3) is 0 Å². The first-order valence-electron chi connectivity index (χ1n) is 6.90. The van der Waals surface area contributed by atoms with Gasteiger partial charge in [-0.05, 0) is 43.5 Å². The van der Waals surface area contributed by atoms with Crippen LogP contribution >= 0.6 is 0 Å². The van der Waals surface area contributed by atoms with Gasteiger partial charge < -0.3 is 0 Å². The van der Waals surface area contributed by atoms with Crippen molar-refractivity contribution in [2.24, 2.45) is 0 Å². The van der Waals surface area contributed by atoms with Crippen LogP contribution in [0, 0.1) is 6.92 Å². The number of pyridine rings is 1. The summed E-state index contributed by atoms with van der Waals surface area (Å²) in [4.78, 5) is 4.33. The SMILES string of the molecule is Cc1cc(-c2cc([C@H]3CCCN3S(C)(=O)=O)ccn2)n[nH]1. The molecule has 3 rings (SSSR count). The minimum atomic E-state index is -3.18. The Hall–Kier alpha value is -1.73. The molecule has 0 radical (unpaired) electrons. The minimum Gasteiger partial charge on any atom is -0.282 e. The number of aromatic nitrogens is 3. The van der Waals surface area contributed by atoms with E-state index in [1.54, 1.807) is 10.5 Å². The number of nitrogens with zero attached hydrogens (tertiary/aromatic N) is 3. The molecule has 6 nitrogen and oxygen atoms in total. The van der Waals surface area contributed by atoms with E-state index in [1.807, 2.05) is 25.1 Å². The molecule has 112 valence electrons. The molecule has 7 heteroatoms. The van der Waals surface area contributed by atoms with E-state index < -0.39 is 10.0 Å². The molecular formula is C14H18N4O2S. The number of H-pyrrole nitrogens is 1. The number of hydrogen-bond acceptors (Lipinski definition) is 4. The first-order valence-corrected chi connectivity index (χ1v) is 8.75. The van der Waals surface area contributed by atoms with Gasteiger partial charge in [0.2, 0.25) is 10.0 Å². The predicted molar refractivity (Wildman–Crippen MR) is 80.1 cm³/mol. The average molecular weight is 306 g/mol. The average Bonchev–Trinajstić information content (AvgIpc) is 3.06. The summed E-state index contributed by atoms with van der Waals surface area (Å²) in [5, 5.41) is 7.10. The number of aromatic amines is 1. The maximum Gasteiger partial charge on any atom is 0.211 e. The monoisotopic (exact) mass is 306 g/mol. The van der Waals surface area contributed by atoms with Crippen molar-refractivity contribution in [2.45, 2.75) is 25.8 Å². The summed E-state index contributed by atoms with van der Waals surface area (Å²) in [5.41, 5.74) is 3.48. The molecule has 1 aliphatic rings. The van der Waals surface area contributed by atoms with Crippen molar-refractivity contribution in [2.75, 3.05) is 12.8 Å². The molecule has 2 aromatic rings. The third-order valence-corrected chi connectivity index (χ3v) is 5.06. The van der Waals surface area contributed by atoms with Gasteiger partial charge in [0.05, 0.1) is 11.9 Å². The van der Waals surface area contributed by atoms with E-state index in [1.165, 1.54) is 6.26 Å². The molecule has 2 aromatic heterocycles. The Bertz CT molecular complexity index is 754. The Labute approximate surface area is 124 Å². The Kier molecular flexibility index (Phi) is 3.54. The molecule has 0 aromatic carbocycles. The van der Waals surface area contributed by atoms with Crippen molar-refractivity contribution in [1.82, 2.24) is 19.5 Å². The van der Waals surface area contributed by atoms with Gasteiger partial charge >= 0.3 is 0 Å². The van der Waals surface area contributed by atoms with Crippen LogP contribution in [-0.4, -0.2) is 40.7 Å². The van der Waals surface area contributed by atoms with Crippen molar-refractivity contribution < 1.29 is 8.42 Å². The topological polar surface area (TPSA) is 79.0 Å². The van der Waals surface area contributed by atoms with E-state index in [-0.39, 0.29) is 6.04 Å². The smallest absolute Gasteiger partial charge is 0.211 e. The molecule has 0 unspecified atom stereocenters. The number of hydrogen-bond donors (Lipinski definition) is 1. The molecule has 1 aliphatic heterocycles. The number of nitrogens with one attached hydrogen (secondary N) is 1. The lowest BCUT2D eigenvalue weighted by molar-refractivity contribution is 0.400. The van der Waals surface area contributed by atoms with Crippen LogP contribution in [-0.2, 0) is 10.0 Å². The van der Waals surface area contributed by atoms with Gasteiger partial charge in [-0.1, -0.05) is 0 Å². The van der Waals surface area contributed by atoms with Crippen LogP contribution in [0.4, 0.5) is 0 Å². The molecule has 0 bridgehead atoms. The van der Waals surface area contributed by atoms with Crippen LogP contribution in [0.1, 0.15) is 30.1 Å². The first-order chi connectivity index (χ1) is 9.95. The largest absolute Gasteiger partial charge is 0.282 e. The second-order valence-corrected chi connectivity index (χ2v) is 7.38. The van der Waals surface area contributed by atoms with E-state index in [0.717, 1.165) is 35.5 Å². The molecule has 0 amide bonds. The van der Waals surface area contributed by atoms with Crippen LogP contribution in [0.5, 0.6) is 0 Å². The molecule has 0 saturated carbocycles. The van der Waals surface area contributed by atoms with Crippen molar-refractivity contribution in [1.29, 1.82) is 0 Å². The second kappa shape index (κ2) is 5.23. The third kappa shape index (κ3) is 2.84. The molecule has 0 aliphatic carbocycles. The standard InChI is InChI=1S/C14H18N4O2S/c1-10-8-13(17-16-10)12-9-11(5-6-15-12)14-4-3-7-18(14)21(2,19)20/h5-6,8-9,14H,3-4,7H2,1-2H3,(H,16,17)/t14-/m1/s1. The van der Waals surface area contributed by atoms with Crippen LogP contribution in [0.3, 0.4) is 0 Å². The van der Waals surface area contributed by atoms with E-state index in [2.05, 4.69) is 15.2 Å². The summed E-state index contributed by atoms with van der Waals surface area (Å²) in [5.74, 6) is 0. The van der Waals surface area contributed by atoms with Crippen molar-refractivity contribution in [3.8, 4) is 11.4 Å². The number of sulfonamides is 1. The summed E-state index contributed by atoms with van der Waals surface area (Å²) < 4.78 is 25.3. The quantitative estimate of drug-likeness (QED) is 0.939. The van der Waals surface area contributed by atoms with Gasteiger partial charge in [0.1, 0.15) is 5.69 Å². The van der Waals surface area contributed by atoms with E-state index in [9.17, 15) is 8.42 Å². The van der Waals surface area contributed by atoms with Crippen LogP contribution in [0.15, 0.2) is 24.4 Å². The lowest BCUT2D eigenvalue weighted by Crippen LogP contribution is -2.29. The molecular weight excluding hydrogens is 288 g/mol. The summed E-state index contributed by atoms with van der Waals surface area (Å²) in [6.07, 6.45) is 4.71. The Balaban J connectivity index is 1.96. The van der Waals surface area contributed by atoms with E-state index >= 15 is 0 Å². The summed E-state index contributed by atoms with van der Waals surface area (Å²) in [6, 6.07) is 5.65. The highest BCUT2D eigenvalue weighted by Crippen LogP contribution is 2.34. The van der Waals surface area contributed by atoms with Crippen molar-refractivity contribution in [3.05, 3.63) is 35.7 Å². The van der Waals surface area contributed by atoms with E-state index in [4.69, 9.17) is 0 Å². The van der Waals surface area contributed by atoms with Gasteiger partial charge in [-0.2, -0.15) is 9.40 Å². The highest BCUT2D eigenvalue weighted by Gasteiger charge is 2.32. The van der Waals surface area contributed by atoms with Gasteiger partial charge in [0.15, 0.2) is 0 Å². The fourth-order valence-corrected chi connectivity index (χ4v) is 3.96. The van der Waals surface area contributed by atoms with Gasteiger partial charge in [-0.15, -0.1) is 0 Å². The van der Waals surface area contributed by atoms with Gasteiger partial charge in [-0.3, -0.25) is 10.1 Å². The Morgan fingerprint density at radius 3 is 2.81 bits per heavy atom. The normalized spacial score (nSPS) is 20.0. The van der Waals surface area contributed by atoms with Crippen LogP contribution in [0.2, 0.25) is 0 Å². The van der Waals surface area contributed by atoms with E-state index in [0.29, 0.717) is 6.54 Å². The van der Waals surface area contributed by atoms with Crippen molar-refractivity contribution in [3.63, 3.8) is 0 Å². The molecule has 1 saturated heterocycles. The second-order valence-electron chi connectivity index (χ2n) is 5.44. The lowest BCUT2D eigenvalue weighted by atomic mass is 10.1. The molecule has 1 N–H and O–H groups in total. The van der Waals surface area contributed by atoms with Crippen LogP contribution in [0.25, 0.3) is 11.4 Å². The number of rotatable bonds is 3. The van der Waals surface area contributed by atoms with Gasteiger partial charge in [-0.25, -0.2) is 8.42 Å². The third-order valence-electron chi connectivity index (χ3n) is 3.77. The molecule has 0 spiro atoms.